The number of benzene rings is 1. The second-order valence-corrected chi connectivity index (χ2v) is 5.14. The van der Waals surface area contributed by atoms with Crippen molar-refractivity contribution in [2.45, 2.75) is 32.4 Å². The summed E-state index contributed by atoms with van der Waals surface area (Å²) in [5, 5.41) is 0. The number of nitrogens with zero attached hydrogens (tertiary/aromatic N) is 3. The van der Waals surface area contributed by atoms with E-state index in [-0.39, 0.29) is 5.82 Å². The van der Waals surface area contributed by atoms with Crippen LogP contribution in [0.1, 0.15) is 36.5 Å². The summed E-state index contributed by atoms with van der Waals surface area (Å²) in [6.45, 7) is 3.95. The molecule has 3 nitrogen and oxygen atoms in total. The molecule has 4 heteroatoms. The van der Waals surface area contributed by atoms with Gasteiger partial charge in [-0.3, -0.25) is 4.90 Å². The quantitative estimate of drug-likeness (QED) is 0.855. The minimum Gasteiger partial charge on any atom is -0.290 e. The van der Waals surface area contributed by atoms with E-state index in [4.69, 9.17) is 0 Å². The van der Waals surface area contributed by atoms with Crippen LogP contribution in [0.5, 0.6) is 0 Å². The summed E-state index contributed by atoms with van der Waals surface area (Å²) >= 11 is 0. The summed E-state index contributed by atoms with van der Waals surface area (Å²) in [5.74, 6) is 0.712. The fraction of sp³-hybridized carbons (Fsp3) is 0.375. The van der Waals surface area contributed by atoms with Crippen molar-refractivity contribution in [1.82, 2.24) is 14.9 Å². The normalized spacial score (nSPS) is 18.8. The van der Waals surface area contributed by atoms with Gasteiger partial charge in [-0.2, -0.15) is 0 Å². The fourth-order valence-electron chi connectivity index (χ4n) is 2.60. The smallest absolute Gasteiger partial charge is 0.128 e. The van der Waals surface area contributed by atoms with Crippen LogP contribution in [0.15, 0.2) is 36.5 Å². The summed E-state index contributed by atoms with van der Waals surface area (Å²) in [7, 11) is 0. The molecule has 1 saturated heterocycles. The van der Waals surface area contributed by atoms with Crippen LogP contribution in [0.2, 0.25) is 0 Å². The van der Waals surface area contributed by atoms with E-state index < -0.39 is 0 Å². The molecular formula is C16H18FN3. The van der Waals surface area contributed by atoms with Crippen molar-refractivity contribution < 1.29 is 4.39 Å². The third kappa shape index (κ3) is 2.70. The average molecular weight is 271 g/mol. The number of aromatic nitrogens is 2. The molecule has 1 aromatic carbocycles. The Kier molecular flexibility index (Phi) is 3.74. The van der Waals surface area contributed by atoms with Crippen molar-refractivity contribution in [1.29, 1.82) is 0 Å². The zero-order valence-electron chi connectivity index (χ0n) is 11.6. The average Bonchev–Trinajstić information content (AvgIpc) is 2.46. The molecule has 0 radical (unpaired) electrons. The largest absolute Gasteiger partial charge is 0.290 e. The first-order valence-electron chi connectivity index (χ1n) is 7.06. The number of hydrogen-bond acceptors (Lipinski definition) is 3. The van der Waals surface area contributed by atoms with Gasteiger partial charge < -0.3 is 0 Å². The summed E-state index contributed by atoms with van der Waals surface area (Å²) < 4.78 is 13.0. The summed E-state index contributed by atoms with van der Waals surface area (Å²) in [5.41, 5.74) is 2.24. The Balaban J connectivity index is 1.70. The van der Waals surface area contributed by atoms with Crippen molar-refractivity contribution in [2.24, 2.45) is 0 Å². The minimum atomic E-state index is -0.178. The third-order valence-electron chi connectivity index (χ3n) is 3.83. The molecule has 0 unspecified atom stereocenters. The van der Waals surface area contributed by atoms with Crippen molar-refractivity contribution in [3.8, 4) is 0 Å². The summed E-state index contributed by atoms with van der Waals surface area (Å²) in [6.07, 6.45) is 3.81. The molecule has 0 bridgehead atoms. The Morgan fingerprint density at radius 2 is 2.05 bits per heavy atom. The number of likely N-dealkylation sites (tertiary alicyclic amines) is 1. The highest BCUT2D eigenvalue weighted by Crippen LogP contribution is 2.34. The Bertz CT molecular complexity index is 583. The van der Waals surface area contributed by atoms with Crippen molar-refractivity contribution >= 4 is 0 Å². The predicted octanol–water partition coefficient (Wildman–Crippen LogP) is 3.13. The maximum atomic E-state index is 13.0. The maximum absolute atomic E-state index is 13.0. The molecule has 2 aromatic rings. The lowest BCUT2D eigenvalue weighted by Gasteiger charge is -2.41. The lowest BCUT2D eigenvalue weighted by molar-refractivity contribution is 0.0802. The van der Waals surface area contributed by atoms with Crippen LogP contribution in [0.4, 0.5) is 4.39 Å². The van der Waals surface area contributed by atoms with Gasteiger partial charge in [0.1, 0.15) is 11.6 Å². The van der Waals surface area contributed by atoms with Gasteiger partial charge in [0, 0.05) is 31.7 Å². The lowest BCUT2D eigenvalue weighted by Crippen LogP contribution is -2.40. The molecule has 1 fully saturated rings. The first-order valence-corrected chi connectivity index (χ1v) is 7.06. The van der Waals surface area contributed by atoms with Crippen molar-refractivity contribution in [3.63, 3.8) is 0 Å². The molecule has 0 spiro atoms. The molecule has 1 aromatic heterocycles. The van der Waals surface area contributed by atoms with Gasteiger partial charge >= 0.3 is 0 Å². The highest BCUT2D eigenvalue weighted by atomic mass is 19.1. The van der Waals surface area contributed by atoms with Crippen molar-refractivity contribution in [2.75, 3.05) is 6.54 Å². The monoisotopic (exact) mass is 271 g/mol. The zero-order valence-corrected chi connectivity index (χ0v) is 11.6. The number of halogens is 1. The van der Waals surface area contributed by atoms with E-state index in [9.17, 15) is 4.39 Å². The van der Waals surface area contributed by atoms with Crippen LogP contribution in [0.3, 0.4) is 0 Å². The van der Waals surface area contributed by atoms with Gasteiger partial charge in [0.25, 0.3) is 0 Å². The van der Waals surface area contributed by atoms with Crippen LogP contribution in [-0.2, 0) is 13.0 Å². The first kappa shape index (κ1) is 13.2. The van der Waals surface area contributed by atoms with Crippen LogP contribution in [0.25, 0.3) is 0 Å². The molecule has 1 aliphatic rings. The molecule has 1 atom stereocenters. The molecule has 104 valence electrons. The fourth-order valence-corrected chi connectivity index (χ4v) is 2.60. The van der Waals surface area contributed by atoms with E-state index in [1.165, 1.54) is 17.7 Å². The molecule has 20 heavy (non-hydrogen) atoms. The van der Waals surface area contributed by atoms with E-state index in [2.05, 4.69) is 21.8 Å². The Morgan fingerprint density at radius 3 is 2.70 bits per heavy atom. The van der Waals surface area contributed by atoms with Crippen LogP contribution >= 0.6 is 0 Å². The SMILES string of the molecule is CCc1nccc(CN2CC[C@@H]2c2ccc(F)cc2)n1. The molecular weight excluding hydrogens is 253 g/mol. The Hall–Kier alpha value is -1.81. The van der Waals surface area contributed by atoms with Gasteiger partial charge in [-0.25, -0.2) is 14.4 Å². The van der Waals surface area contributed by atoms with Gasteiger partial charge in [0.05, 0.1) is 5.69 Å². The van der Waals surface area contributed by atoms with E-state index in [0.717, 1.165) is 37.4 Å². The van der Waals surface area contributed by atoms with E-state index in [1.54, 1.807) is 0 Å². The molecule has 0 amide bonds. The van der Waals surface area contributed by atoms with Gasteiger partial charge in [-0.15, -0.1) is 0 Å². The van der Waals surface area contributed by atoms with Gasteiger partial charge in [0.15, 0.2) is 0 Å². The Labute approximate surface area is 118 Å². The Morgan fingerprint density at radius 1 is 1.25 bits per heavy atom. The molecule has 0 aliphatic carbocycles. The lowest BCUT2D eigenvalue weighted by atomic mass is 9.94. The van der Waals surface area contributed by atoms with Gasteiger partial charge in [-0.1, -0.05) is 19.1 Å². The summed E-state index contributed by atoms with van der Waals surface area (Å²) in [6, 6.07) is 9.18. The molecule has 0 saturated carbocycles. The zero-order chi connectivity index (χ0) is 13.9. The standard InChI is InChI=1S/C16H18FN3/c1-2-16-18-9-7-14(19-16)11-20-10-8-15(20)12-3-5-13(17)6-4-12/h3-7,9,15H,2,8,10-11H2,1H3/t15-/m1/s1. The third-order valence-corrected chi connectivity index (χ3v) is 3.83. The highest BCUT2D eigenvalue weighted by Gasteiger charge is 2.29. The highest BCUT2D eigenvalue weighted by molar-refractivity contribution is 5.22. The van der Waals surface area contributed by atoms with E-state index >= 15 is 0 Å². The van der Waals surface area contributed by atoms with E-state index in [1.807, 2.05) is 24.4 Å². The predicted molar refractivity (Wildman–Crippen MR) is 75.6 cm³/mol. The first-order chi connectivity index (χ1) is 9.76. The van der Waals surface area contributed by atoms with Crippen molar-refractivity contribution in [3.05, 3.63) is 59.4 Å². The minimum absolute atomic E-state index is 0.178. The van der Waals surface area contributed by atoms with Crippen LogP contribution in [-0.4, -0.2) is 21.4 Å². The second kappa shape index (κ2) is 5.67. The van der Waals surface area contributed by atoms with Crippen LogP contribution in [0, 0.1) is 5.82 Å². The number of rotatable bonds is 4. The number of hydrogen-bond donors (Lipinski definition) is 0. The molecule has 1 aliphatic heterocycles. The van der Waals surface area contributed by atoms with E-state index in [0.29, 0.717) is 6.04 Å². The summed E-state index contributed by atoms with van der Waals surface area (Å²) in [4.78, 5) is 11.1. The maximum Gasteiger partial charge on any atom is 0.128 e. The van der Waals surface area contributed by atoms with Gasteiger partial charge in [0.2, 0.25) is 0 Å². The van der Waals surface area contributed by atoms with Crippen LogP contribution < -0.4 is 0 Å². The second-order valence-electron chi connectivity index (χ2n) is 5.14. The molecule has 2 heterocycles. The topological polar surface area (TPSA) is 29.0 Å². The molecule has 0 N–H and O–H groups in total. The molecule has 3 rings (SSSR count). The number of aryl methyl sites for hydroxylation is 1. The van der Waals surface area contributed by atoms with Gasteiger partial charge in [-0.05, 0) is 30.2 Å².